The highest BCUT2D eigenvalue weighted by molar-refractivity contribution is 6.14. The number of nitrogens with zero attached hydrogens (tertiary/aromatic N) is 7. The van der Waals surface area contributed by atoms with Crippen LogP contribution in [0.3, 0.4) is 0 Å². The molecule has 378 valence electrons. The highest BCUT2D eigenvalue weighted by atomic mass is 15.0. The number of fused-ring (bicyclic) bond motifs is 12. The Morgan fingerprint density at radius 3 is 0.912 bits per heavy atom. The molecule has 0 fully saturated rings. The number of para-hydroxylation sites is 6. The van der Waals surface area contributed by atoms with Crippen LogP contribution in [-0.2, 0) is 0 Å². The van der Waals surface area contributed by atoms with Gasteiger partial charge >= 0.3 is 0 Å². The first-order valence-electron chi connectivity index (χ1n) is 27.4. The Morgan fingerprint density at radius 1 is 0.237 bits per heavy atom. The third-order valence-electron chi connectivity index (χ3n) is 17.1. The third kappa shape index (κ3) is 6.70. The molecule has 0 N–H and O–H groups in total. The zero-order valence-corrected chi connectivity index (χ0v) is 44.6. The molecule has 16 rings (SSSR count). The number of benzene rings is 11. The van der Waals surface area contributed by atoms with Gasteiger partial charge in [0.2, 0.25) is 0 Å². The van der Waals surface area contributed by atoms with Crippen molar-refractivity contribution in [2.75, 3.05) is 0 Å². The molecular weight excluding hydrogens is 975 g/mol. The molecule has 16 aromatic rings. The van der Waals surface area contributed by atoms with E-state index in [2.05, 4.69) is 264 Å². The first-order chi connectivity index (χ1) is 39.4. The van der Waals surface area contributed by atoms with E-state index in [0.717, 1.165) is 83.8 Å². The van der Waals surface area contributed by atoms with E-state index in [1.54, 1.807) is 0 Å². The van der Waals surface area contributed by atoms with Crippen LogP contribution in [-0.4, -0.2) is 33.2 Å². The van der Waals surface area contributed by atoms with Crippen molar-refractivity contribution >= 4 is 87.2 Å². The average molecular weight is 1030 g/mol. The zero-order valence-electron chi connectivity index (χ0n) is 44.6. The van der Waals surface area contributed by atoms with Gasteiger partial charge in [-0.15, -0.1) is 0 Å². The Hall–Kier alpha value is -10.4. The Bertz CT molecular complexity index is 4830. The lowest BCUT2D eigenvalue weighted by Gasteiger charge is -2.18. The predicted octanol–water partition coefficient (Wildman–Crippen LogP) is 18.5. The molecule has 0 atom stereocenters. The van der Waals surface area contributed by atoms with Crippen LogP contribution in [0.15, 0.2) is 237 Å². The summed E-state index contributed by atoms with van der Waals surface area (Å²) < 4.78 is 9.66. The van der Waals surface area contributed by atoms with Crippen LogP contribution in [0.1, 0.15) is 22.3 Å². The second-order valence-corrected chi connectivity index (χ2v) is 21.3. The highest BCUT2D eigenvalue weighted by Gasteiger charge is 2.23. The van der Waals surface area contributed by atoms with Crippen molar-refractivity contribution < 1.29 is 0 Å². The fourth-order valence-electron chi connectivity index (χ4n) is 13.0. The van der Waals surface area contributed by atoms with Gasteiger partial charge in [-0.2, -0.15) is 0 Å². The van der Waals surface area contributed by atoms with Crippen LogP contribution in [0.25, 0.3) is 144 Å². The van der Waals surface area contributed by atoms with Crippen LogP contribution in [0, 0.1) is 27.7 Å². The maximum atomic E-state index is 5.40. The smallest absolute Gasteiger partial charge is 0.164 e. The highest BCUT2D eigenvalue weighted by Crippen LogP contribution is 2.42. The van der Waals surface area contributed by atoms with Gasteiger partial charge in [0.1, 0.15) is 0 Å². The van der Waals surface area contributed by atoms with Gasteiger partial charge in [0.25, 0.3) is 0 Å². The molecule has 0 amide bonds. The van der Waals surface area contributed by atoms with E-state index >= 15 is 0 Å². The van der Waals surface area contributed by atoms with Gasteiger partial charge in [0, 0.05) is 82.5 Å². The molecule has 0 aliphatic rings. The Kier molecular flexibility index (Phi) is 10.1. The predicted molar refractivity (Wildman–Crippen MR) is 332 cm³/mol. The number of aromatic nitrogens is 7. The summed E-state index contributed by atoms with van der Waals surface area (Å²) in [6, 6.07) is 85.4. The molecule has 0 aliphatic heterocycles. The van der Waals surface area contributed by atoms with Gasteiger partial charge in [-0.25, -0.2) is 15.0 Å². The Labute approximate surface area is 461 Å². The molecule has 0 unspecified atom stereocenters. The SMILES string of the molecule is Cc1c(-c2nc(-c3ccccc3)nc(-c3ccc(-n4c5ccccc5c5cc(-n6c7ccccc7c7ccccc76)ccc54)c(C)c3C)n2)ccc(-n2c3ccccc3c3cc(-n4c5ccccc5c5ccccc54)ccc32)c1C. The van der Waals surface area contributed by atoms with Gasteiger partial charge in [-0.05, 0) is 147 Å². The largest absolute Gasteiger partial charge is 0.309 e. The zero-order chi connectivity index (χ0) is 53.3. The van der Waals surface area contributed by atoms with Gasteiger partial charge in [0.15, 0.2) is 17.5 Å². The molecule has 0 spiro atoms. The Balaban J connectivity index is 0.814. The minimum absolute atomic E-state index is 0.635. The summed E-state index contributed by atoms with van der Waals surface area (Å²) in [7, 11) is 0. The monoisotopic (exact) mass is 1030 g/mol. The minimum atomic E-state index is 0.635. The summed E-state index contributed by atoms with van der Waals surface area (Å²) in [6.07, 6.45) is 0. The lowest BCUT2D eigenvalue weighted by molar-refractivity contribution is 1.06. The van der Waals surface area contributed by atoms with Crippen LogP contribution in [0.2, 0.25) is 0 Å². The molecule has 7 nitrogen and oxygen atoms in total. The van der Waals surface area contributed by atoms with E-state index in [1.807, 2.05) is 18.2 Å². The Morgan fingerprint density at radius 2 is 0.537 bits per heavy atom. The summed E-state index contributed by atoms with van der Waals surface area (Å²) in [4.78, 5) is 15.9. The number of rotatable bonds is 7. The van der Waals surface area contributed by atoms with Gasteiger partial charge in [-0.1, -0.05) is 140 Å². The molecule has 7 heteroatoms. The van der Waals surface area contributed by atoms with Crippen molar-refractivity contribution in [2.24, 2.45) is 0 Å². The van der Waals surface area contributed by atoms with Crippen molar-refractivity contribution in [3.63, 3.8) is 0 Å². The fraction of sp³-hybridized carbons (Fsp3) is 0.0548. The van der Waals surface area contributed by atoms with Crippen LogP contribution in [0.5, 0.6) is 0 Å². The van der Waals surface area contributed by atoms with Crippen LogP contribution < -0.4 is 0 Å². The lowest BCUT2D eigenvalue weighted by Crippen LogP contribution is -2.05. The second kappa shape index (κ2) is 17.6. The molecule has 5 aromatic heterocycles. The number of hydrogen-bond acceptors (Lipinski definition) is 3. The van der Waals surface area contributed by atoms with E-state index in [1.165, 1.54) is 65.2 Å². The van der Waals surface area contributed by atoms with E-state index in [-0.39, 0.29) is 0 Å². The molecule has 80 heavy (non-hydrogen) atoms. The molecular formula is C73H51N7. The van der Waals surface area contributed by atoms with Crippen molar-refractivity contribution in [1.82, 2.24) is 33.2 Å². The normalized spacial score (nSPS) is 12.0. The lowest BCUT2D eigenvalue weighted by atomic mass is 9.99. The van der Waals surface area contributed by atoms with Crippen LogP contribution in [0.4, 0.5) is 0 Å². The van der Waals surface area contributed by atoms with E-state index in [4.69, 9.17) is 15.0 Å². The topological polar surface area (TPSA) is 58.4 Å². The van der Waals surface area contributed by atoms with E-state index in [0.29, 0.717) is 17.5 Å². The summed E-state index contributed by atoms with van der Waals surface area (Å²) in [6.45, 7) is 8.87. The van der Waals surface area contributed by atoms with E-state index < -0.39 is 0 Å². The fourth-order valence-corrected chi connectivity index (χ4v) is 13.0. The van der Waals surface area contributed by atoms with Crippen LogP contribution >= 0.6 is 0 Å². The van der Waals surface area contributed by atoms with Gasteiger partial charge in [0.05, 0.1) is 44.1 Å². The maximum Gasteiger partial charge on any atom is 0.164 e. The standard InChI is InChI=1S/C73H51N7/c1-44-46(3)61(79-67-32-18-12-26-57(67)59-42-49(34-38-69(59)79)77-63-28-14-8-22-53(63)54-23-9-15-29-64(54)77)40-36-51(44)72-74-71(48-20-6-5-7-21-48)75-73(76-72)52-37-41-62(47(4)45(52)2)80-68-33-19-13-27-58(68)60-43-50(35-39-70(60)80)78-65-30-16-10-24-55(65)56-25-11-17-31-66(56)78/h5-43H,1-4H3. The summed E-state index contributed by atoms with van der Waals surface area (Å²) in [5, 5.41) is 9.84. The average Bonchev–Trinajstić information content (AvgIpc) is 4.33. The maximum absolute atomic E-state index is 5.40. The molecule has 0 radical (unpaired) electrons. The van der Waals surface area contributed by atoms with Crippen molar-refractivity contribution in [3.8, 4) is 56.9 Å². The quantitative estimate of drug-likeness (QED) is 0.160. The molecule has 5 heterocycles. The first kappa shape index (κ1) is 45.8. The molecule has 0 bridgehead atoms. The summed E-state index contributed by atoms with van der Waals surface area (Å²) in [5.41, 5.74) is 21.3. The van der Waals surface area contributed by atoms with Gasteiger partial charge in [-0.3, -0.25) is 0 Å². The second-order valence-electron chi connectivity index (χ2n) is 21.3. The molecule has 0 saturated carbocycles. The van der Waals surface area contributed by atoms with Crippen molar-refractivity contribution in [1.29, 1.82) is 0 Å². The number of hydrogen-bond donors (Lipinski definition) is 0. The van der Waals surface area contributed by atoms with Gasteiger partial charge < -0.3 is 18.3 Å². The first-order valence-corrected chi connectivity index (χ1v) is 27.4. The van der Waals surface area contributed by atoms with E-state index in [9.17, 15) is 0 Å². The van der Waals surface area contributed by atoms with Crippen molar-refractivity contribution in [3.05, 3.63) is 259 Å². The summed E-state index contributed by atoms with van der Waals surface area (Å²) >= 11 is 0. The molecule has 0 saturated heterocycles. The molecule has 0 aliphatic carbocycles. The van der Waals surface area contributed by atoms with Crippen molar-refractivity contribution in [2.45, 2.75) is 27.7 Å². The summed E-state index contributed by atoms with van der Waals surface area (Å²) in [5.74, 6) is 1.92. The third-order valence-corrected chi connectivity index (χ3v) is 17.1. The minimum Gasteiger partial charge on any atom is -0.309 e. The molecule has 11 aromatic carbocycles.